The van der Waals surface area contributed by atoms with Crippen LogP contribution < -0.4 is 9.47 Å². The molecule has 0 aliphatic carbocycles. The van der Waals surface area contributed by atoms with Crippen molar-refractivity contribution in [2.45, 2.75) is 39.1 Å². The number of benzene rings is 1. The van der Waals surface area contributed by atoms with Gasteiger partial charge in [0, 0.05) is 39.6 Å². The molecule has 0 saturated carbocycles. The molecule has 1 aromatic carbocycles. The molecular formula is C19H27NO3. The van der Waals surface area contributed by atoms with E-state index in [-0.39, 0.29) is 23.8 Å². The highest BCUT2D eigenvalue weighted by Crippen LogP contribution is 2.42. The summed E-state index contributed by atoms with van der Waals surface area (Å²) in [6.45, 7) is -2.27. The van der Waals surface area contributed by atoms with E-state index in [4.69, 9.17) is 21.8 Å². The average Bonchev–Trinajstić information content (AvgIpc) is 2.63. The lowest BCUT2D eigenvalue weighted by atomic mass is 9.80. The molecule has 1 aromatic rings. The number of Topliss-reactive ketones (excluding diaryl/α,β-unsaturated/α-hetero) is 1. The number of nitrogens with zero attached hydrogens (tertiary/aromatic N) is 1. The Labute approximate surface area is 151 Å². The minimum absolute atomic E-state index is 0.0910. The van der Waals surface area contributed by atoms with Crippen LogP contribution in [0.15, 0.2) is 12.1 Å². The molecule has 0 spiro atoms. The molecule has 4 nitrogen and oxygen atoms in total. The van der Waals surface area contributed by atoms with Crippen LogP contribution >= 0.6 is 0 Å². The van der Waals surface area contributed by atoms with Crippen LogP contribution in [0.4, 0.5) is 0 Å². The molecular weight excluding hydrogens is 290 g/mol. The summed E-state index contributed by atoms with van der Waals surface area (Å²) < 4.78 is 88.5. The molecule has 1 saturated heterocycles. The standard InChI is InChI=1S/C19H27NO3/c1-12(2)7-14-11-20-6-5-13-8-18(22-3)19(23-4)9-15(13)16(20)10-17(14)21/h8-9,12,14,16H,5-7,10-11H2,1-4H3/i5D2,6D2,8D,9D,11D2,16D. The normalized spacial score (nSPS) is 39.8. The molecule has 2 heterocycles. The van der Waals surface area contributed by atoms with Gasteiger partial charge in [-0.2, -0.15) is 0 Å². The van der Waals surface area contributed by atoms with Gasteiger partial charge in [0.05, 0.1) is 18.3 Å². The fourth-order valence-electron chi connectivity index (χ4n) is 2.80. The highest BCUT2D eigenvalue weighted by Gasteiger charge is 2.38. The summed E-state index contributed by atoms with van der Waals surface area (Å²) in [6, 6.07) is -3.61. The zero-order chi connectivity index (χ0) is 24.6. The summed E-state index contributed by atoms with van der Waals surface area (Å²) in [7, 11) is 2.40. The van der Waals surface area contributed by atoms with Crippen LogP contribution in [0.1, 0.15) is 56.2 Å². The predicted molar refractivity (Wildman–Crippen MR) is 90.1 cm³/mol. The fourth-order valence-corrected chi connectivity index (χ4v) is 2.80. The number of rotatable bonds is 4. The Bertz CT molecular complexity index is 966. The van der Waals surface area contributed by atoms with Gasteiger partial charge in [-0.1, -0.05) is 13.8 Å². The van der Waals surface area contributed by atoms with Gasteiger partial charge in [-0.3, -0.25) is 9.69 Å². The zero-order valence-corrected chi connectivity index (χ0v) is 13.7. The Kier molecular flexibility index (Phi) is 2.41. The van der Waals surface area contributed by atoms with E-state index in [0.717, 1.165) is 0 Å². The summed E-state index contributed by atoms with van der Waals surface area (Å²) in [4.78, 5) is 13.5. The minimum Gasteiger partial charge on any atom is -0.493 e. The molecule has 0 aromatic heterocycles. The first-order chi connectivity index (χ1) is 14.5. The summed E-state index contributed by atoms with van der Waals surface area (Å²) in [5.41, 5.74) is -1.07. The van der Waals surface area contributed by atoms with Gasteiger partial charge in [-0.15, -0.1) is 0 Å². The van der Waals surface area contributed by atoms with Crippen molar-refractivity contribution in [1.29, 1.82) is 0 Å². The number of ketones is 1. The van der Waals surface area contributed by atoms with Crippen molar-refractivity contribution in [3.8, 4) is 11.5 Å². The number of hydrogen-bond donors (Lipinski definition) is 0. The molecule has 0 amide bonds. The van der Waals surface area contributed by atoms with Crippen LogP contribution in [0, 0.1) is 11.8 Å². The van der Waals surface area contributed by atoms with Gasteiger partial charge in [0.1, 0.15) is 5.78 Å². The molecule has 1 fully saturated rings. The van der Waals surface area contributed by atoms with Gasteiger partial charge in [0.25, 0.3) is 0 Å². The van der Waals surface area contributed by atoms with Crippen LogP contribution in [0.3, 0.4) is 0 Å². The van der Waals surface area contributed by atoms with Gasteiger partial charge in [-0.25, -0.2) is 0 Å². The Morgan fingerprint density at radius 1 is 1.39 bits per heavy atom. The van der Waals surface area contributed by atoms with Gasteiger partial charge < -0.3 is 9.47 Å². The van der Waals surface area contributed by atoms with E-state index in [1.807, 2.05) is 0 Å². The molecule has 0 bridgehead atoms. The maximum Gasteiger partial charge on any atom is 0.161 e. The van der Waals surface area contributed by atoms with Crippen molar-refractivity contribution in [3.05, 3.63) is 23.2 Å². The summed E-state index contributed by atoms with van der Waals surface area (Å²) in [5, 5.41) is 0. The van der Waals surface area contributed by atoms with E-state index in [1.165, 1.54) is 14.2 Å². The molecule has 2 atom stereocenters. The van der Waals surface area contributed by atoms with Crippen LogP contribution in [0.25, 0.3) is 0 Å². The van der Waals surface area contributed by atoms with E-state index in [9.17, 15) is 4.79 Å². The highest BCUT2D eigenvalue weighted by atomic mass is 16.5. The van der Waals surface area contributed by atoms with E-state index in [2.05, 4.69) is 0 Å². The SMILES string of the molecule is [2H]c1c(OC)c(OC)c([2H])c2c1C1([2H])CC(=O)C(CC(C)C)C([2H])([2H])N1C([2H])([2H])C2([2H])[2H]. The summed E-state index contributed by atoms with van der Waals surface area (Å²) in [5.74, 6) is -2.56. The first-order valence-corrected chi connectivity index (χ1v) is 7.61. The molecule has 23 heavy (non-hydrogen) atoms. The third kappa shape index (κ3) is 3.09. The Hall–Kier alpha value is -1.55. The van der Waals surface area contributed by atoms with Crippen molar-refractivity contribution >= 4 is 5.78 Å². The van der Waals surface area contributed by atoms with Crippen molar-refractivity contribution < 1.29 is 26.6 Å². The quantitative estimate of drug-likeness (QED) is 0.851. The molecule has 126 valence electrons. The number of ether oxygens (including phenoxy) is 2. The van der Waals surface area contributed by atoms with E-state index in [0.29, 0.717) is 4.90 Å². The van der Waals surface area contributed by atoms with Crippen molar-refractivity contribution in [2.75, 3.05) is 27.2 Å². The van der Waals surface area contributed by atoms with Crippen LogP contribution in [-0.4, -0.2) is 37.9 Å². The number of methoxy groups -OCH3 is 2. The van der Waals surface area contributed by atoms with E-state index < -0.39 is 66.7 Å². The summed E-state index contributed by atoms with van der Waals surface area (Å²) >= 11 is 0. The third-order valence-corrected chi connectivity index (χ3v) is 3.92. The van der Waals surface area contributed by atoms with Gasteiger partial charge in [0.15, 0.2) is 11.5 Å². The second-order valence-corrected chi connectivity index (χ2v) is 6.04. The van der Waals surface area contributed by atoms with Crippen molar-refractivity contribution in [1.82, 2.24) is 4.90 Å². The fraction of sp³-hybridized carbons (Fsp3) is 0.632. The smallest absolute Gasteiger partial charge is 0.161 e. The Morgan fingerprint density at radius 2 is 2.09 bits per heavy atom. The van der Waals surface area contributed by atoms with Crippen LogP contribution in [0.2, 0.25) is 0 Å². The second kappa shape index (κ2) is 6.52. The predicted octanol–water partition coefficient (Wildman–Crippen LogP) is 3.24. The number of hydrogen-bond acceptors (Lipinski definition) is 4. The Morgan fingerprint density at radius 3 is 2.74 bits per heavy atom. The highest BCUT2D eigenvalue weighted by molar-refractivity contribution is 5.83. The number of piperidine rings is 1. The molecule has 2 unspecified atom stereocenters. The van der Waals surface area contributed by atoms with Gasteiger partial charge in [-0.05, 0) is 41.9 Å². The van der Waals surface area contributed by atoms with Crippen LogP contribution in [0.5, 0.6) is 11.5 Å². The molecule has 2 aliphatic rings. The van der Waals surface area contributed by atoms with E-state index >= 15 is 0 Å². The van der Waals surface area contributed by atoms with Gasteiger partial charge >= 0.3 is 0 Å². The number of fused-ring (bicyclic) bond motifs is 3. The second-order valence-electron chi connectivity index (χ2n) is 6.04. The largest absolute Gasteiger partial charge is 0.493 e. The number of carbonyl (C=O) groups is 1. The molecule has 2 aliphatic heterocycles. The topological polar surface area (TPSA) is 38.8 Å². The molecule has 3 rings (SSSR count). The first kappa shape index (κ1) is 8.52. The number of carbonyl (C=O) groups excluding carboxylic acids is 1. The zero-order valence-electron chi connectivity index (χ0n) is 22.7. The van der Waals surface area contributed by atoms with Crippen molar-refractivity contribution in [3.63, 3.8) is 0 Å². The lowest BCUT2D eigenvalue weighted by molar-refractivity contribution is -0.129. The third-order valence-electron chi connectivity index (χ3n) is 3.92. The maximum atomic E-state index is 13.1. The van der Waals surface area contributed by atoms with Crippen molar-refractivity contribution in [2.24, 2.45) is 11.8 Å². The minimum atomic E-state index is -3.12. The molecule has 0 N–H and O–H groups in total. The van der Waals surface area contributed by atoms with Gasteiger partial charge in [0.2, 0.25) is 0 Å². The monoisotopic (exact) mass is 326 g/mol. The lowest BCUT2D eigenvalue weighted by Crippen LogP contribution is -2.46. The molecule has 4 heteroatoms. The van der Waals surface area contributed by atoms with Crippen LogP contribution in [-0.2, 0) is 11.2 Å². The Balaban J connectivity index is 2.47. The summed E-state index contributed by atoms with van der Waals surface area (Å²) in [6.07, 6.45) is -3.57. The van der Waals surface area contributed by atoms with E-state index in [1.54, 1.807) is 13.8 Å². The molecule has 0 radical (unpaired) electrons. The maximum absolute atomic E-state index is 13.1. The first-order valence-electron chi connectivity index (χ1n) is 12.1. The average molecular weight is 326 g/mol. The lowest BCUT2D eigenvalue weighted by Gasteiger charge is -2.43.